The molecule has 0 aromatic heterocycles. The van der Waals surface area contributed by atoms with Gasteiger partial charge in [-0.05, 0) is 37.0 Å². The number of nitrogens with two attached hydrogens (primary N) is 1. The van der Waals surface area contributed by atoms with Crippen LogP contribution in [0.3, 0.4) is 0 Å². The predicted octanol–water partition coefficient (Wildman–Crippen LogP) is 3.05. The van der Waals surface area contributed by atoms with E-state index in [2.05, 4.69) is 15.8 Å². The van der Waals surface area contributed by atoms with Crippen molar-refractivity contribution in [3.63, 3.8) is 0 Å². The maximum Gasteiger partial charge on any atom is 0.191 e. The van der Waals surface area contributed by atoms with E-state index < -0.39 is 0 Å². The lowest BCUT2D eigenvalue weighted by Crippen LogP contribution is -2.38. The summed E-state index contributed by atoms with van der Waals surface area (Å²) in [4.78, 5) is 6.73. The third-order valence-corrected chi connectivity index (χ3v) is 3.85. The molecule has 2 rings (SSSR count). The zero-order chi connectivity index (χ0) is 15.6. The van der Waals surface area contributed by atoms with Crippen LogP contribution < -0.4 is 10.5 Å². The second-order valence-electron chi connectivity index (χ2n) is 5.53. The maximum atomic E-state index is 6.10. The van der Waals surface area contributed by atoms with Crippen molar-refractivity contribution in [1.29, 1.82) is 0 Å². The molecule has 0 amide bonds. The number of hydrogen-bond acceptors (Lipinski definition) is 2. The first-order chi connectivity index (χ1) is 10.8. The number of rotatable bonds is 5. The molecule has 126 valence electrons. The number of likely N-dealkylation sites (tertiary alicyclic amines) is 1. The standard InChI is InChI=1S/C18H25N3O.HI/c1-2-15-22-17-9-7-16(8-10-17)11-12-20-18(19)21-13-5-3-4-6-14-21;/h1,7-10H,3-6,11-15H2,(H2,19,20);1H. The summed E-state index contributed by atoms with van der Waals surface area (Å²) in [5, 5.41) is 0. The molecule has 0 spiro atoms. The second-order valence-corrected chi connectivity index (χ2v) is 5.53. The molecule has 1 heterocycles. The first-order valence-corrected chi connectivity index (χ1v) is 7.99. The fourth-order valence-electron chi connectivity index (χ4n) is 2.58. The molecule has 0 bridgehead atoms. The van der Waals surface area contributed by atoms with Crippen molar-refractivity contribution >= 4 is 29.9 Å². The van der Waals surface area contributed by atoms with Gasteiger partial charge >= 0.3 is 0 Å². The molecule has 5 heteroatoms. The van der Waals surface area contributed by atoms with Crippen LogP contribution in [0, 0.1) is 12.3 Å². The van der Waals surface area contributed by atoms with Crippen LogP contribution in [0.15, 0.2) is 29.3 Å². The Morgan fingerprint density at radius 3 is 2.43 bits per heavy atom. The van der Waals surface area contributed by atoms with Crippen LogP contribution in [0.5, 0.6) is 5.75 Å². The summed E-state index contributed by atoms with van der Waals surface area (Å²) in [6, 6.07) is 7.97. The van der Waals surface area contributed by atoms with Crippen LogP contribution in [-0.4, -0.2) is 37.1 Å². The first-order valence-electron chi connectivity index (χ1n) is 7.99. The third-order valence-electron chi connectivity index (χ3n) is 3.85. The Morgan fingerprint density at radius 1 is 1.17 bits per heavy atom. The minimum absolute atomic E-state index is 0. The number of benzene rings is 1. The summed E-state index contributed by atoms with van der Waals surface area (Å²) in [5.41, 5.74) is 7.32. The van der Waals surface area contributed by atoms with Crippen LogP contribution >= 0.6 is 24.0 Å². The van der Waals surface area contributed by atoms with E-state index in [0.29, 0.717) is 19.1 Å². The highest BCUT2D eigenvalue weighted by Gasteiger charge is 2.10. The summed E-state index contributed by atoms with van der Waals surface area (Å²) < 4.78 is 5.35. The third kappa shape index (κ3) is 7.12. The first kappa shape index (κ1) is 19.6. The number of hydrogen-bond donors (Lipinski definition) is 1. The van der Waals surface area contributed by atoms with Gasteiger partial charge in [-0.15, -0.1) is 30.4 Å². The van der Waals surface area contributed by atoms with Crippen molar-refractivity contribution < 1.29 is 4.74 Å². The molecule has 1 aliphatic rings. The fraction of sp³-hybridized carbons (Fsp3) is 0.500. The highest BCUT2D eigenvalue weighted by atomic mass is 127. The Bertz CT molecular complexity index is 514. The van der Waals surface area contributed by atoms with Crippen molar-refractivity contribution in [2.24, 2.45) is 10.7 Å². The molecular formula is C18H26IN3O. The Kier molecular flexibility index (Phi) is 9.53. The Hall–Kier alpha value is -1.42. The summed E-state index contributed by atoms with van der Waals surface area (Å²) in [5.74, 6) is 3.95. The largest absolute Gasteiger partial charge is 0.481 e. The average Bonchev–Trinajstić information content (AvgIpc) is 2.83. The van der Waals surface area contributed by atoms with E-state index in [0.717, 1.165) is 25.3 Å². The number of halogens is 1. The number of terminal acetylenes is 1. The van der Waals surface area contributed by atoms with Crippen molar-refractivity contribution in [2.45, 2.75) is 32.1 Å². The number of aliphatic imine (C=N–C) groups is 1. The summed E-state index contributed by atoms with van der Waals surface area (Å²) in [6.45, 7) is 3.09. The van der Waals surface area contributed by atoms with E-state index >= 15 is 0 Å². The van der Waals surface area contributed by atoms with Crippen LogP contribution in [0.4, 0.5) is 0 Å². The Labute approximate surface area is 156 Å². The zero-order valence-electron chi connectivity index (χ0n) is 13.5. The molecule has 1 fully saturated rings. The van der Waals surface area contributed by atoms with Crippen molar-refractivity contribution in [2.75, 3.05) is 26.2 Å². The Balaban J connectivity index is 0.00000264. The number of guanidine groups is 1. The highest BCUT2D eigenvalue weighted by Crippen LogP contribution is 2.13. The van der Waals surface area contributed by atoms with Gasteiger partial charge in [0.25, 0.3) is 0 Å². The molecule has 0 saturated carbocycles. The molecule has 1 aromatic carbocycles. The molecule has 0 unspecified atom stereocenters. The van der Waals surface area contributed by atoms with Gasteiger partial charge in [0.1, 0.15) is 12.4 Å². The summed E-state index contributed by atoms with van der Waals surface area (Å²) >= 11 is 0. The van der Waals surface area contributed by atoms with Crippen molar-refractivity contribution in [3.8, 4) is 18.1 Å². The molecule has 4 nitrogen and oxygen atoms in total. The van der Waals surface area contributed by atoms with Gasteiger partial charge in [0.05, 0.1) is 0 Å². The van der Waals surface area contributed by atoms with Crippen LogP contribution in [0.25, 0.3) is 0 Å². The van der Waals surface area contributed by atoms with Crippen LogP contribution in [0.1, 0.15) is 31.2 Å². The topological polar surface area (TPSA) is 50.9 Å². The quantitative estimate of drug-likeness (QED) is 0.340. The van der Waals surface area contributed by atoms with Gasteiger partial charge < -0.3 is 15.4 Å². The smallest absolute Gasteiger partial charge is 0.191 e. The molecule has 0 atom stereocenters. The van der Waals surface area contributed by atoms with Gasteiger partial charge in [-0.25, -0.2) is 0 Å². The summed E-state index contributed by atoms with van der Waals surface area (Å²) in [7, 11) is 0. The van der Waals surface area contributed by atoms with Gasteiger partial charge in [0, 0.05) is 19.6 Å². The normalized spacial score (nSPS) is 15.3. The molecule has 0 aliphatic carbocycles. The molecule has 1 aromatic rings. The molecule has 1 saturated heterocycles. The Morgan fingerprint density at radius 2 is 1.83 bits per heavy atom. The lowest BCUT2D eigenvalue weighted by molar-refractivity contribution is 0.370. The lowest BCUT2D eigenvalue weighted by Gasteiger charge is -2.21. The van der Waals surface area contributed by atoms with Crippen LogP contribution in [0.2, 0.25) is 0 Å². The molecule has 2 N–H and O–H groups in total. The maximum absolute atomic E-state index is 6.10. The molecule has 0 radical (unpaired) electrons. The molecular weight excluding hydrogens is 401 g/mol. The van der Waals surface area contributed by atoms with Gasteiger partial charge in [-0.3, -0.25) is 4.99 Å². The number of nitrogens with zero attached hydrogens (tertiary/aromatic N) is 2. The van der Waals surface area contributed by atoms with Crippen molar-refractivity contribution in [1.82, 2.24) is 4.90 Å². The average molecular weight is 427 g/mol. The van der Waals surface area contributed by atoms with Gasteiger partial charge in [0.2, 0.25) is 0 Å². The SMILES string of the molecule is C#CCOc1ccc(CCN=C(N)N2CCCCCC2)cc1.I. The van der Waals surface area contributed by atoms with E-state index in [1.807, 2.05) is 24.3 Å². The monoisotopic (exact) mass is 427 g/mol. The van der Waals surface area contributed by atoms with Crippen molar-refractivity contribution in [3.05, 3.63) is 29.8 Å². The van der Waals surface area contributed by atoms with E-state index in [1.54, 1.807) is 0 Å². The second kappa shape index (κ2) is 11.2. The molecule has 23 heavy (non-hydrogen) atoms. The van der Waals surface area contributed by atoms with E-state index in [-0.39, 0.29) is 24.0 Å². The fourth-order valence-corrected chi connectivity index (χ4v) is 2.58. The number of ether oxygens (including phenoxy) is 1. The van der Waals surface area contributed by atoms with E-state index in [9.17, 15) is 0 Å². The van der Waals surface area contributed by atoms with Gasteiger partial charge in [0.15, 0.2) is 5.96 Å². The van der Waals surface area contributed by atoms with Crippen LogP contribution in [-0.2, 0) is 6.42 Å². The van der Waals surface area contributed by atoms with Gasteiger partial charge in [-0.1, -0.05) is 30.9 Å². The molecule has 1 aliphatic heterocycles. The predicted molar refractivity (Wildman–Crippen MR) is 106 cm³/mol. The van der Waals surface area contributed by atoms with Gasteiger partial charge in [-0.2, -0.15) is 0 Å². The van der Waals surface area contributed by atoms with E-state index in [4.69, 9.17) is 16.9 Å². The summed E-state index contributed by atoms with van der Waals surface area (Å²) in [6.07, 6.45) is 11.1. The lowest BCUT2D eigenvalue weighted by atomic mass is 10.1. The zero-order valence-corrected chi connectivity index (χ0v) is 15.9. The highest BCUT2D eigenvalue weighted by molar-refractivity contribution is 14.0. The minimum Gasteiger partial charge on any atom is -0.481 e. The van der Waals surface area contributed by atoms with E-state index in [1.165, 1.54) is 31.2 Å². The minimum atomic E-state index is 0.